The average molecular weight is 427 g/mol. The van der Waals surface area contributed by atoms with Crippen LogP contribution in [0.4, 0.5) is 23.1 Å². The average Bonchev–Trinajstić information content (AvgIpc) is 3.23. The molecule has 2 aromatic heterocycles. The third-order valence-corrected chi connectivity index (χ3v) is 4.64. The highest BCUT2D eigenvalue weighted by molar-refractivity contribution is 6.31. The van der Waals surface area contributed by atoms with Gasteiger partial charge in [0.1, 0.15) is 0 Å². The second kappa shape index (κ2) is 8.34. The number of nitrogens with one attached hydrogen (secondary N) is 3. The molecular weight excluding hydrogens is 408 g/mol. The Morgan fingerprint density at radius 3 is 2.33 bits per heavy atom. The van der Waals surface area contributed by atoms with Gasteiger partial charge in [-0.25, -0.2) is 0 Å². The Labute approximate surface area is 177 Å². The highest BCUT2D eigenvalue weighted by Crippen LogP contribution is 2.40. The van der Waals surface area contributed by atoms with Crippen LogP contribution >= 0.6 is 11.6 Å². The largest absolute Gasteiger partial charge is 0.493 e. The highest BCUT2D eigenvalue weighted by Gasteiger charge is 2.15. The molecule has 4 aromatic rings. The molecule has 2 heterocycles. The van der Waals surface area contributed by atoms with Gasteiger partial charge in [0, 0.05) is 40.6 Å². The Kier molecular flexibility index (Phi) is 5.44. The molecule has 0 spiro atoms. The maximum absolute atomic E-state index is 6.20. The lowest BCUT2D eigenvalue weighted by atomic mass is 10.2. The fourth-order valence-electron chi connectivity index (χ4n) is 3.00. The minimum Gasteiger partial charge on any atom is -0.493 e. The van der Waals surface area contributed by atoms with E-state index in [1.165, 1.54) is 0 Å². The molecule has 0 atom stereocenters. The van der Waals surface area contributed by atoms with E-state index in [9.17, 15) is 0 Å². The highest BCUT2D eigenvalue weighted by atomic mass is 35.5. The van der Waals surface area contributed by atoms with Gasteiger partial charge in [-0.2, -0.15) is 4.98 Å². The van der Waals surface area contributed by atoms with Crippen molar-refractivity contribution in [3.63, 3.8) is 0 Å². The molecule has 0 unspecified atom stereocenters. The Hall–Kier alpha value is -3.72. The van der Waals surface area contributed by atoms with E-state index in [2.05, 4.69) is 30.8 Å². The van der Waals surface area contributed by atoms with Crippen LogP contribution in [0.1, 0.15) is 0 Å². The van der Waals surface area contributed by atoms with E-state index in [0.717, 1.165) is 16.6 Å². The number of ether oxygens (including phenoxy) is 3. The van der Waals surface area contributed by atoms with Crippen LogP contribution in [0.15, 0.2) is 42.6 Å². The summed E-state index contributed by atoms with van der Waals surface area (Å²) < 4.78 is 16.1. The number of aromatic nitrogens is 4. The number of hydrogen-bond donors (Lipinski definition) is 3. The van der Waals surface area contributed by atoms with Crippen molar-refractivity contribution in [1.82, 2.24) is 20.2 Å². The zero-order valence-corrected chi connectivity index (χ0v) is 17.2. The van der Waals surface area contributed by atoms with E-state index < -0.39 is 0 Å². The summed E-state index contributed by atoms with van der Waals surface area (Å²) in [5.41, 5.74) is 2.50. The van der Waals surface area contributed by atoms with Crippen LogP contribution in [0.2, 0.25) is 5.15 Å². The molecular formula is C20H19ClN6O3. The number of rotatable bonds is 7. The van der Waals surface area contributed by atoms with Crippen molar-refractivity contribution in [3.05, 3.63) is 47.7 Å². The molecule has 154 valence electrons. The topological polar surface area (TPSA) is 106 Å². The van der Waals surface area contributed by atoms with E-state index in [-0.39, 0.29) is 5.15 Å². The monoisotopic (exact) mass is 426 g/mol. The zero-order chi connectivity index (χ0) is 21.1. The van der Waals surface area contributed by atoms with Gasteiger partial charge in [-0.05, 0) is 24.3 Å². The summed E-state index contributed by atoms with van der Waals surface area (Å²) in [5, 5.41) is 15.4. The molecule has 30 heavy (non-hydrogen) atoms. The van der Waals surface area contributed by atoms with E-state index in [4.69, 9.17) is 25.8 Å². The van der Waals surface area contributed by atoms with Crippen molar-refractivity contribution in [3.8, 4) is 17.2 Å². The van der Waals surface area contributed by atoms with Gasteiger partial charge in [0.2, 0.25) is 11.7 Å². The molecule has 0 aliphatic heterocycles. The quantitative estimate of drug-likeness (QED) is 0.396. The molecule has 0 aliphatic rings. The van der Waals surface area contributed by atoms with Crippen LogP contribution in [-0.4, -0.2) is 41.5 Å². The molecule has 4 rings (SSSR count). The van der Waals surface area contributed by atoms with Gasteiger partial charge in [0.25, 0.3) is 0 Å². The molecule has 0 saturated carbocycles. The van der Waals surface area contributed by atoms with Gasteiger partial charge in [-0.1, -0.05) is 11.6 Å². The van der Waals surface area contributed by atoms with Crippen molar-refractivity contribution < 1.29 is 14.2 Å². The van der Waals surface area contributed by atoms with Crippen molar-refractivity contribution in [2.75, 3.05) is 32.0 Å². The molecule has 0 radical (unpaired) electrons. The number of nitrogens with zero attached hydrogens (tertiary/aromatic N) is 3. The van der Waals surface area contributed by atoms with E-state index in [1.807, 2.05) is 30.5 Å². The van der Waals surface area contributed by atoms with Gasteiger partial charge in [0.05, 0.1) is 21.3 Å². The zero-order valence-electron chi connectivity index (χ0n) is 16.5. The Morgan fingerprint density at radius 2 is 1.63 bits per heavy atom. The molecule has 0 aliphatic carbocycles. The van der Waals surface area contributed by atoms with Gasteiger partial charge >= 0.3 is 0 Å². The number of hydrogen-bond acceptors (Lipinski definition) is 8. The van der Waals surface area contributed by atoms with Crippen LogP contribution in [0.25, 0.3) is 10.9 Å². The van der Waals surface area contributed by atoms with Crippen molar-refractivity contribution in [2.24, 2.45) is 0 Å². The number of benzene rings is 2. The molecule has 10 heteroatoms. The third-order valence-electron chi connectivity index (χ3n) is 4.38. The van der Waals surface area contributed by atoms with Crippen molar-refractivity contribution in [1.29, 1.82) is 0 Å². The van der Waals surface area contributed by atoms with E-state index in [0.29, 0.717) is 34.7 Å². The van der Waals surface area contributed by atoms with Crippen LogP contribution in [0.5, 0.6) is 17.2 Å². The fraction of sp³-hybridized carbons (Fsp3) is 0.150. The number of H-pyrrole nitrogens is 1. The number of methoxy groups -OCH3 is 3. The Balaban J connectivity index is 1.62. The summed E-state index contributed by atoms with van der Waals surface area (Å²) >= 11 is 6.20. The number of anilines is 4. The first kappa shape index (κ1) is 19.6. The fourth-order valence-corrected chi connectivity index (χ4v) is 3.12. The molecule has 0 saturated heterocycles. The van der Waals surface area contributed by atoms with E-state index >= 15 is 0 Å². The lowest BCUT2D eigenvalue weighted by Gasteiger charge is -2.15. The summed E-state index contributed by atoms with van der Waals surface area (Å²) in [6.45, 7) is 0. The van der Waals surface area contributed by atoms with Crippen LogP contribution in [-0.2, 0) is 0 Å². The Morgan fingerprint density at radius 1 is 0.867 bits per heavy atom. The molecule has 9 nitrogen and oxygen atoms in total. The summed E-state index contributed by atoms with van der Waals surface area (Å²) in [5.74, 6) is 2.10. The third kappa shape index (κ3) is 3.87. The van der Waals surface area contributed by atoms with Gasteiger partial charge in [-0.15, -0.1) is 10.2 Å². The maximum atomic E-state index is 6.20. The van der Waals surface area contributed by atoms with Crippen molar-refractivity contribution in [2.45, 2.75) is 0 Å². The van der Waals surface area contributed by atoms with Crippen molar-refractivity contribution >= 4 is 45.6 Å². The molecule has 0 fully saturated rings. The predicted octanol–water partition coefficient (Wildman–Crippen LogP) is 4.52. The summed E-state index contributed by atoms with van der Waals surface area (Å²) in [6, 6.07) is 11.3. The lowest BCUT2D eigenvalue weighted by molar-refractivity contribution is 0.324. The van der Waals surface area contributed by atoms with E-state index in [1.54, 1.807) is 33.5 Å². The normalized spacial score (nSPS) is 10.7. The first-order valence-electron chi connectivity index (χ1n) is 8.92. The molecule has 0 amide bonds. The minimum atomic E-state index is 0.121. The summed E-state index contributed by atoms with van der Waals surface area (Å²) in [6.07, 6.45) is 1.88. The molecule has 0 bridgehead atoms. The van der Waals surface area contributed by atoms with Crippen LogP contribution in [0, 0.1) is 0 Å². The first-order valence-corrected chi connectivity index (χ1v) is 9.30. The SMILES string of the molecule is COc1cc(Nc2nc(Nc3ccc4[nH]ccc4c3)nnc2Cl)cc(OC)c1OC. The van der Waals surface area contributed by atoms with Gasteiger partial charge in [-0.3, -0.25) is 0 Å². The first-order chi connectivity index (χ1) is 14.6. The second-order valence-corrected chi connectivity index (χ2v) is 6.58. The van der Waals surface area contributed by atoms with Crippen LogP contribution < -0.4 is 24.8 Å². The number of fused-ring (bicyclic) bond motifs is 1. The number of halogens is 1. The molecule has 2 aromatic carbocycles. The van der Waals surface area contributed by atoms with Gasteiger partial charge in [0.15, 0.2) is 22.5 Å². The summed E-state index contributed by atoms with van der Waals surface area (Å²) in [7, 11) is 4.63. The maximum Gasteiger partial charge on any atom is 0.249 e. The second-order valence-electron chi connectivity index (χ2n) is 6.22. The Bertz CT molecular complexity index is 1170. The summed E-state index contributed by atoms with van der Waals surface area (Å²) in [4.78, 5) is 7.59. The van der Waals surface area contributed by atoms with Gasteiger partial charge < -0.3 is 29.8 Å². The predicted molar refractivity (Wildman–Crippen MR) is 116 cm³/mol. The molecule has 3 N–H and O–H groups in total. The standard InChI is InChI=1S/C20H19ClN6O3/c1-28-15-9-13(10-16(29-2)17(15)30-3)23-19-18(21)26-27-20(25-19)24-12-4-5-14-11(8-12)6-7-22-14/h4-10,22H,1-3H3,(H2,23,24,25,27). The van der Waals surface area contributed by atoms with Crippen LogP contribution in [0.3, 0.4) is 0 Å². The lowest BCUT2D eigenvalue weighted by Crippen LogP contribution is -2.04. The smallest absolute Gasteiger partial charge is 0.249 e. The minimum absolute atomic E-state index is 0.121. The number of aromatic amines is 1.